The van der Waals surface area contributed by atoms with Crippen molar-refractivity contribution in [3.63, 3.8) is 0 Å². The highest BCUT2D eigenvalue weighted by Crippen LogP contribution is 2.38. The molecular weight excluding hydrogens is 725 g/mol. The normalized spacial score (nSPS) is 15.5. The first kappa shape index (κ1) is 42.3. The third-order valence-corrected chi connectivity index (χ3v) is 20.4. The standard InChI is InChI=1S/C44H56N2O7Si2/c1-43(2,3)54(33-19-11-7-12-20-33,34-21-13-8-14-22-34)52-30-39(48)38(47)27-32-28-46-37(29-45-32)41(50)42(51)40(49)31-53-55(44(4,5)6,35-23-15-9-16-24-35)36-25-17-10-18-26-36/h7-26,28-29,38-42,47-51H,27,30-31H2,1-6H3/t38-,39+,40+,41+,42+/m0/s1. The molecule has 5 aromatic rings. The van der Waals surface area contributed by atoms with Crippen LogP contribution in [0.25, 0.3) is 0 Å². The lowest BCUT2D eigenvalue weighted by Gasteiger charge is -2.43. The maximum Gasteiger partial charge on any atom is 0.261 e. The number of aliphatic hydroxyl groups excluding tert-OH is 5. The van der Waals surface area contributed by atoms with Crippen LogP contribution in [0.3, 0.4) is 0 Å². The van der Waals surface area contributed by atoms with E-state index in [9.17, 15) is 25.5 Å². The summed E-state index contributed by atoms with van der Waals surface area (Å²) in [5.74, 6) is 0. The topological polar surface area (TPSA) is 145 Å². The number of rotatable bonds is 16. The van der Waals surface area contributed by atoms with Crippen molar-refractivity contribution in [3.05, 3.63) is 145 Å². The highest BCUT2D eigenvalue weighted by molar-refractivity contribution is 7.00. The van der Waals surface area contributed by atoms with Crippen LogP contribution in [0.4, 0.5) is 0 Å². The molecule has 1 aromatic heterocycles. The van der Waals surface area contributed by atoms with Gasteiger partial charge in [-0.05, 0) is 30.8 Å². The van der Waals surface area contributed by atoms with E-state index in [1.54, 1.807) is 0 Å². The Morgan fingerprint density at radius 3 is 1.18 bits per heavy atom. The Morgan fingerprint density at radius 2 is 0.855 bits per heavy atom. The highest BCUT2D eigenvalue weighted by atomic mass is 28.4. The third kappa shape index (κ3) is 9.23. The van der Waals surface area contributed by atoms with Gasteiger partial charge in [0.25, 0.3) is 16.6 Å². The van der Waals surface area contributed by atoms with Crippen molar-refractivity contribution in [1.29, 1.82) is 0 Å². The summed E-state index contributed by atoms with van der Waals surface area (Å²) < 4.78 is 13.5. The zero-order valence-corrected chi connectivity index (χ0v) is 34.7. The molecule has 0 aliphatic rings. The zero-order valence-electron chi connectivity index (χ0n) is 32.7. The van der Waals surface area contributed by atoms with Crippen LogP contribution in [0.15, 0.2) is 134 Å². The largest absolute Gasteiger partial charge is 0.405 e. The Balaban J connectivity index is 1.25. The molecular formula is C44H56N2O7Si2. The summed E-state index contributed by atoms with van der Waals surface area (Å²) in [6.07, 6.45) is -4.39. The van der Waals surface area contributed by atoms with E-state index in [1.807, 2.05) is 97.1 Å². The smallest absolute Gasteiger partial charge is 0.261 e. The van der Waals surface area contributed by atoms with Crippen molar-refractivity contribution < 1.29 is 34.4 Å². The van der Waals surface area contributed by atoms with Gasteiger partial charge in [0.1, 0.15) is 24.4 Å². The molecule has 0 amide bonds. The Hall–Kier alpha value is -3.89. The van der Waals surface area contributed by atoms with Gasteiger partial charge >= 0.3 is 0 Å². The molecule has 0 saturated heterocycles. The number of benzene rings is 4. The maximum absolute atomic E-state index is 11.2. The molecule has 5 atom stereocenters. The average molecular weight is 781 g/mol. The van der Waals surface area contributed by atoms with Gasteiger partial charge in [0.05, 0.1) is 36.9 Å². The number of hydrogen-bond acceptors (Lipinski definition) is 9. The number of hydrogen-bond donors (Lipinski definition) is 5. The van der Waals surface area contributed by atoms with Crippen molar-refractivity contribution in [2.75, 3.05) is 13.2 Å². The summed E-state index contributed by atoms with van der Waals surface area (Å²) >= 11 is 0. The van der Waals surface area contributed by atoms with E-state index >= 15 is 0 Å². The molecule has 11 heteroatoms. The summed E-state index contributed by atoms with van der Waals surface area (Å²) in [4.78, 5) is 8.66. The molecule has 0 radical (unpaired) electrons. The lowest BCUT2D eigenvalue weighted by molar-refractivity contribution is -0.0767. The fourth-order valence-corrected chi connectivity index (χ4v) is 16.7. The minimum Gasteiger partial charge on any atom is -0.405 e. The van der Waals surface area contributed by atoms with E-state index in [1.165, 1.54) is 12.4 Å². The van der Waals surface area contributed by atoms with Gasteiger partial charge in [-0.3, -0.25) is 9.97 Å². The summed E-state index contributed by atoms with van der Waals surface area (Å²) in [6.45, 7) is 12.5. The minimum absolute atomic E-state index is 0.0217. The molecule has 0 aliphatic carbocycles. The van der Waals surface area contributed by atoms with Gasteiger partial charge in [-0.1, -0.05) is 163 Å². The predicted molar refractivity (Wildman–Crippen MR) is 222 cm³/mol. The number of aromatic nitrogens is 2. The summed E-state index contributed by atoms with van der Waals surface area (Å²) in [5, 5.41) is 59.2. The van der Waals surface area contributed by atoms with Crippen LogP contribution in [0, 0.1) is 0 Å². The first-order chi connectivity index (χ1) is 26.1. The third-order valence-electron chi connectivity index (χ3n) is 10.4. The Morgan fingerprint density at radius 1 is 0.491 bits per heavy atom. The second-order valence-electron chi connectivity index (χ2n) is 16.2. The van der Waals surface area contributed by atoms with E-state index in [4.69, 9.17) is 8.85 Å². The molecule has 1 heterocycles. The minimum atomic E-state index is -3.00. The number of aliphatic hydroxyl groups is 5. The Bertz CT molecular complexity index is 1810. The lowest BCUT2D eigenvalue weighted by Crippen LogP contribution is -2.67. The molecule has 0 spiro atoms. The maximum atomic E-state index is 11.2. The quantitative estimate of drug-likeness (QED) is 0.0949. The van der Waals surface area contributed by atoms with E-state index in [2.05, 4.69) is 75.8 Å². The van der Waals surface area contributed by atoms with Crippen molar-refractivity contribution in [2.45, 2.75) is 88.6 Å². The molecule has 292 valence electrons. The molecule has 0 bridgehead atoms. The lowest BCUT2D eigenvalue weighted by atomic mass is 10.1. The molecule has 4 aromatic carbocycles. The predicted octanol–water partition coefficient (Wildman–Crippen LogP) is 3.65. The van der Waals surface area contributed by atoms with Crippen LogP contribution in [-0.4, -0.2) is 89.8 Å². The van der Waals surface area contributed by atoms with E-state index in [0.717, 1.165) is 20.7 Å². The van der Waals surface area contributed by atoms with Crippen LogP contribution >= 0.6 is 0 Å². The fraction of sp³-hybridized carbons (Fsp3) is 0.364. The van der Waals surface area contributed by atoms with Crippen LogP contribution in [0.1, 0.15) is 59.0 Å². The molecule has 9 nitrogen and oxygen atoms in total. The van der Waals surface area contributed by atoms with Gasteiger partial charge in [0.2, 0.25) is 0 Å². The van der Waals surface area contributed by atoms with E-state index in [-0.39, 0.29) is 35.4 Å². The zero-order chi connectivity index (χ0) is 39.9. The first-order valence-corrected chi connectivity index (χ1v) is 22.6. The van der Waals surface area contributed by atoms with E-state index in [0.29, 0.717) is 5.69 Å². The monoisotopic (exact) mass is 780 g/mol. The van der Waals surface area contributed by atoms with Crippen LogP contribution in [0.2, 0.25) is 10.1 Å². The average Bonchev–Trinajstić information content (AvgIpc) is 3.18. The second kappa shape index (κ2) is 17.9. The molecule has 0 fully saturated rings. The summed E-state index contributed by atoms with van der Waals surface area (Å²) in [7, 11) is -5.93. The fourth-order valence-electron chi connectivity index (χ4n) is 7.51. The van der Waals surface area contributed by atoms with Crippen molar-refractivity contribution in [3.8, 4) is 0 Å². The van der Waals surface area contributed by atoms with Crippen molar-refractivity contribution >= 4 is 37.4 Å². The van der Waals surface area contributed by atoms with Gasteiger partial charge in [0.15, 0.2) is 0 Å². The van der Waals surface area contributed by atoms with Gasteiger partial charge in [-0.15, -0.1) is 0 Å². The highest BCUT2D eigenvalue weighted by Gasteiger charge is 2.52. The Labute approximate surface area is 327 Å². The van der Waals surface area contributed by atoms with E-state index < -0.39 is 47.2 Å². The van der Waals surface area contributed by atoms with Crippen LogP contribution in [0.5, 0.6) is 0 Å². The van der Waals surface area contributed by atoms with Gasteiger partial charge in [-0.25, -0.2) is 0 Å². The summed E-state index contributed by atoms with van der Waals surface area (Å²) in [5.41, 5.74) is 0.420. The van der Waals surface area contributed by atoms with Gasteiger partial charge in [0, 0.05) is 12.6 Å². The molecule has 5 rings (SSSR count). The van der Waals surface area contributed by atoms with Crippen molar-refractivity contribution in [1.82, 2.24) is 9.97 Å². The van der Waals surface area contributed by atoms with Crippen molar-refractivity contribution in [2.24, 2.45) is 0 Å². The number of nitrogens with zero attached hydrogens (tertiary/aromatic N) is 2. The Kier molecular flexibility index (Phi) is 13.8. The molecule has 5 N–H and O–H groups in total. The summed E-state index contributed by atoms with van der Waals surface area (Å²) in [6, 6.07) is 40.1. The van der Waals surface area contributed by atoms with Gasteiger partial charge < -0.3 is 34.4 Å². The molecule has 55 heavy (non-hydrogen) atoms. The molecule has 0 saturated carbocycles. The first-order valence-electron chi connectivity index (χ1n) is 18.8. The SMILES string of the molecule is CC(C)(C)[Si](OC[C@@H](O)[C@@H](O)[C@H](O)c1cnc(C[C@H](O)[C@H](O)CO[Si](c2ccccc2)(c2ccccc2)C(C)(C)C)cn1)(c1ccccc1)c1ccccc1. The molecule has 0 unspecified atom stereocenters. The van der Waals surface area contributed by atoms with Gasteiger partial charge in [-0.2, -0.15) is 0 Å². The van der Waals surface area contributed by atoms with Crippen LogP contribution in [-0.2, 0) is 15.3 Å². The second-order valence-corrected chi connectivity index (χ2v) is 24.8. The van der Waals surface area contributed by atoms with Crippen LogP contribution < -0.4 is 20.7 Å². The molecule has 0 aliphatic heterocycles.